The van der Waals surface area contributed by atoms with E-state index in [0.29, 0.717) is 18.7 Å². The lowest BCUT2D eigenvalue weighted by molar-refractivity contribution is -0.132. The van der Waals surface area contributed by atoms with E-state index in [0.717, 1.165) is 0 Å². The molecule has 92 valence electrons. The maximum Gasteiger partial charge on any atom is 0.309 e. The highest BCUT2D eigenvalue weighted by Gasteiger charge is 2.12. The number of carbonyl (C=O) groups is 2. The van der Waals surface area contributed by atoms with E-state index in [4.69, 9.17) is 4.74 Å². The highest BCUT2D eigenvalue weighted by Crippen LogP contribution is 2.10. The third-order valence-electron chi connectivity index (χ3n) is 2.28. The molecule has 0 spiro atoms. The van der Waals surface area contributed by atoms with E-state index in [-0.39, 0.29) is 11.8 Å². The number of pyridine rings is 1. The van der Waals surface area contributed by atoms with Crippen LogP contribution in [0, 0.1) is 0 Å². The van der Waals surface area contributed by atoms with Crippen LogP contribution in [0.4, 0.5) is 0 Å². The van der Waals surface area contributed by atoms with Gasteiger partial charge in [0.05, 0.1) is 5.56 Å². The van der Waals surface area contributed by atoms with Crippen LogP contribution >= 0.6 is 0 Å². The Morgan fingerprint density at radius 1 is 1.29 bits per heavy atom. The van der Waals surface area contributed by atoms with Gasteiger partial charge in [0.15, 0.2) is 0 Å². The van der Waals surface area contributed by atoms with Gasteiger partial charge in [-0.25, -0.2) is 4.98 Å². The molecule has 17 heavy (non-hydrogen) atoms. The molecule has 1 aromatic heterocycles. The lowest BCUT2D eigenvalue weighted by Crippen LogP contribution is -2.30. The molecule has 0 saturated heterocycles. The number of amides is 1. The van der Waals surface area contributed by atoms with Crippen molar-refractivity contribution >= 4 is 11.9 Å². The van der Waals surface area contributed by atoms with Crippen molar-refractivity contribution in [3.05, 3.63) is 23.9 Å². The van der Waals surface area contributed by atoms with Crippen molar-refractivity contribution < 1.29 is 14.3 Å². The second-order valence-electron chi connectivity index (χ2n) is 3.46. The number of ether oxygens (including phenoxy) is 1. The molecule has 1 heterocycles. The average molecular weight is 236 g/mol. The molecule has 0 aliphatic rings. The summed E-state index contributed by atoms with van der Waals surface area (Å²) in [6.07, 6.45) is 1.42. The molecule has 0 fully saturated rings. The highest BCUT2D eigenvalue weighted by molar-refractivity contribution is 5.93. The van der Waals surface area contributed by atoms with Crippen molar-refractivity contribution in [1.29, 1.82) is 0 Å². The van der Waals surface area contributed by atoms with Crippen molar-refractivity contribution in [3.8, 4) is 5.88 Å². The second-order valence-corrected chi connectivity index (χ2v) is 3.46. The number of rotatable bonds is 4. The van der Waals surface area contributed by atoms with Gasteiger partial charge in [-0.1, -0.05) is 0 Å². The summed E-state index contributed by atoms with van der Waals surface area (Å²) < 4.78 is 4.79. The van der Waals surface area contributed by atoms with Gasteiger partial charge in [0.1, 0.15) is 0 Å². The van der Waals surface area contributed by atoms with Gasteiger partial charge < -0.3 is 9.64 Å². The minimum Gasteiger partial charge on any atom is -0.408 e. The molecule has 0 aliphatic carbocycles. The van der Waals surface area contributed by atoms with Crippen LogP contribution in [-0.4, -0.2) is 34.8 Å². The van der Waals surface area contributed by atoms with Crippen molar-refractivity contribution in [2.24, 2.45) is 0 Å². The van der Waals surface area contributed by atoms with Gasteiger partial charge in [-0.2, -0.15) is 0 Å². The fraction of sp³-hybridized carbons (Fsp3) is 0.417. The zero-order chi connectivity index (χ0) is 12.8. The Kier molecular flexibility index (Phi) is 4.63. The monoisotopic (exact) mass is 236 g/mol. The molecular weight excluding hydrogens is 220 g/mol. The quantitative estimate of drug-likeness (QED) is 0.743. The van der Waals surface area contributed by atoms with Gasteiger partial charge in [0.25, 0.3) is 5.91 Å². The summed E-state index contributed by atoms with van der Waals surface area (Å²) in [6, 6.07) is 3.12. The number of hydrogen-bond acceptors (Lipinski definition) is 4. The van der Waals surface area contributed by atoms with E-state index in [2.05, 4.69) is 4.98 Å². The smallest absolute Gasteiger partial charge is 0.309 e. The molecule has 0 radical (unpaired) electrons. The van der Waals surface area contributed by atoms with Crippen LogP contribution in [0.25, 0.3) is 0 Å². The van der Waals surface area contributed by atoms with Crippen LogP contribution in [0.1, 0.15) is 31.1 Å². The molecule has 1 rings (SSSR count). The Labute approximate surface area is 100 Å². The average Bonchev–Trinajstić information content (AvgIpc) is 2.30. The van der Waals surface area contributed by atoms with Gasteiger partial charge in [-0.05, 0) is 19.9 Å². The molecule has 0 aromatic carbocycles. The van der Waals surface area contributed by atoms with E-state index >= 15 is 0 Å². The number of aromatic nitrogens is 1. The Morgan fingerprint density at radius 3 is 2.35 bits per heavy atom. The van der Waals surface area contributed by atoms with E-state index in [1.807, 2.05) is 13.8 Å². The van der Waals surface area contributed by atoms with Gasteiger partial charge in [0, 0.05) is 32.3 Å². The van der Waals surface area contributed by atoms with E-state index in [9.17, 15) is 9.59 Å². The summed E-state index contributed by atoms with van der Waals surface area (Å²) in [5.41, 5.74) is 0.490. The molecule has 0 unspecified atom stereocenters. The minimum absolute atomic E-state index is 0.0723. The van der Waals surface area contributed by atoms with E-state index < -0.39 is 5.97 Å². The van der Waals surface area contributed by atoms with Crippen molar-refractivity contribution in [2.45, 2.75) is 20.8 Å². The maximum absolute atomic E-state index is 11.9. The van der Waals surface area contributed by atoms with Crippen molar-refractivity contribution in [2.75, 3.05) is 13.1 Å². The first-order chi connectivity index (χ1) is 8.08. The predicted molar refractivity (Wildman–Crippen MR) is 62.8 cm³/mol. The molecule has 5 heteroatoms. The Bertz CT molecular complexity index is 397. The van der Waals surface area contributed by atoms with Gasteiger partial charge in [-0.15, -0.1) is 0 Å². The Hall–Kier alpha value is -1.91. The fourth-order valence-corrected chi connectivity index (χ4v) is 1.41. The van der Waals surface area contributed by atoms with Crippen LogP contribution in [0.15, 0.2) is 18.3 Å². The number of hydrogen-bond donors (Lipinski definition) is 0. The summed E-state index contributed by atoms with van der Waals surface area (Å²) in [5, 5.41) is 0. The lowest BCUT2D eigenvalue weighted by Gasteiger charge is -2.18. The molecule has 1 aromatic rings. The molecule has 0 bridgehead atoms. The third kappa shape index (κ3) is 3.55. The predicted octanol–water partition coefficient (Wildman–Crippen LogP) is 1.49. The van der Waals surface area contributed by atoms with Gasteiger partial charge in [-0.3, -0.25) is 9.59 Å². The zero-order valence-electron chi connectivity index (χ0n) is 10.3. The summed E-state index contributed by atoms with van der Waals surface area (Å²) in [5.74, 6) is -0.300. The number of carbonyl (C=O) groups excluding carboxylic acids is 2. The van der Waals surface area contributed by atoms with Crippen LogP contribution in [0.5, 0.6) is 5.88 Å². The largest absolute Gasteiger partial charge is 0.408 e. The molecule has 0 atom stereocenters. The first-order valence-electron chi connectivity index (χ1n) is 5.52. The first kappa shape index (κ1) is 13.2. The zero-order valence-corrected chi connectivity index (χ0v) is 10.3. The van der Waals surface area contributed by atoms with E-state index in [1.54, 1.807) is 11.0 Å². The molecule has 1 amide bonds. The normalized spacial score (nSPS) is 9.82. The Morgan fingerprint density at radius 2 is 1.94 bits per heavy atom. The van der Waals surface area contributed by atoms with Crippen LogP contribution in [0.3, 0.4) is 0 Å². The van der Waals surface area contributed by atoms with Crippen LogP contribution < -0.4 is 4.74 Å². The third-order valence-corrected chi connectivity index (χ3v) is 2.28. The summed E-state index contributed by atoms with van der Waals surface area (Å²) in [4.78, 5) is 28.2. The number of esters is 1. The summed E-state index contributed by atoms with van der Waals surface area (Å²) in [7, 11) is 0. The van der Waals surface area contributed by atoms with Crippen molar-refractivity contribution in [3.63, 3.8) is 0 Å². The lowest BCUT2D eigenvalue weighted by atomic mass is 10.2. The molecule has 0 N–H and O–H groups in total. The van der Waals surface area contributed by atoms with Gasteiger partial charge in [0.2, 0.25) is 5.88 Å². The molecule has 0 aliphatic heterocycles. The van der Waals surface area contributed by atoms with E-state index in [1.165, 1.54) is 19.2 Å². The topological polar surface area (TPSA) is 59.5 Å². The summed E-state index contributed by atoms with van der Waals surface area (Å²) >= 11 is 0. The van der Waals surface area contributed by atoms with Gasteiger partial charge >= 0.3 is 5.97 Å². The molecular formula is C12H16N2O3. The first-order valence-corrected chi connectivity index (χ1v) is 5.52. The SMILES string of the molecule is CCN(CC)C(=O)c1ccc(OC(C)=O)nc1. The second kappa shape index (κ2) is 5.98. The molecule has 0 saturated carbocycles. The highest BCUT2D eigenvalue weighted by atomic mass is 16.5. The summed E-state index contributed by atoms with van der Waals surface area (Å²) in [6.45, 7) is 6.45. The van der Waals surface area contributed by atoms with Crippen LogP contribution in [-0.2, 0) is 4.79 Å². The number of nitrogens with zero attached hydrogens (tertiary/aromatic N) is 2. The Balaban J connectivity index is 2.80. The standard InChI is InChI=1S/C12H16N2O3/c1-4-14(5-2)12(16)10-6-7-11(13-8-10)17-9(3)15/h6-8H,4-5H2,1-3H3. The van der Waals surface area contributed by atoms with Crippen LogP contribution in [0.2, 0.25) is 0 Å². The maximum atomic E-state index is 11.9. The minimum atomic E-state index is -0.430. The molecule has 5 nitrogen and oxygen atoms in total. The fourth-order valence-electron chi connectivity index (χ4n) is 1.41. The van der Waals surface area contributed by atoms with Crippen molar-refractivity contribution in [1.82, 2.24) is 9.88 Å².